The fraction of sp³-hybridized carbons (Fsp3) is 0.154. The number of carbonyl (C=O) groups is 2. The summed E-state index contributed by atoms with van der Waals surface area (Å²) in [7, 11) is 0. The maximum absolute atomic E-state index is 11.8. The molecule has 6 nitrogen and oxygen atoms in total. The Kier molecular flexibility index (Phi) is 3.61. The summed E-state index contributed by atoms with van der Waals surface area (Å²) in [4.78, 5) is 23.0. The van der Waals surface area contributed by atoms with Gasteiger partial charge in [0.25, 0.3) is 5.91 Å². The number of nitrogens with one attached hydrogen (secondary N) is 1. The normalized spacial score (nSPS) is 11.8. The molecule has 6 heteroatoms. The maximum atomic E-state index is 11.8. The van der Waals surface area contributed by atoms with E-state index in [1.165, 1.54) is 6.07 Å². The van der Waals surface area contributed by atoms with Crippen molar-refractivity contribution in [3.05, 3.63) is 53.4 Å². The standard InChI is InChI=1S/C13H12N2O4/c1-8-7-10(19-15-8)12(16)14-11(13(17)18)9-5-3-2-4-6-9/h2-7,11H,1H3,(H,14,16)(H,17,18). The first kappa shape index (κ1) is 12.8. The number of carbonyl (C=O) groups excluding carboxylic acids is 1. The van der Waals surface area contributed by atoms with Crippen molar-refractivity contribution in [2.24, 2.45) is 0 Å². The summed E-state index contributed by atoms with van der Waals surface area (Å²) < 4.78 is 4.79. The Morgan fingerprint density at radius 1 is 1.32 bits per heavy atom. The molecule has 1 heterocycles. The van der Waals surface area contributed by atoms with Gasteiger partial charge in [-0.2, -0.15) is 0 Å². The lowest BCUT2D eigenvalue weighted by molar-refractivity contribution is -0.139. The number of benzene rings is 1. The molecule has 0 saturated carbocycles. The van der Waals surface area contributed by atoms with Crippen LogP contribution < -0.4 is 5.32 Å². The van der Waals surface area contributed by atoms with Crippen LogP contribution in [0.3, 0.4) is 0 Å². The van der Waals surface area contributed by atoms with Gasteiger partial charge in [0.05, 0.1) is 5.69 Å². The molecule has 0 saturated heterocycles. The van der Waals surface area contributed by atoms with E-state index in [-0.39, 0.29) is 5.76 Å². The molecule has 1 atom stereocenters. The molecule has 0 fully saturated rings. The van der Waals surface area contributed by atoms with Crippen molar-refractivity contribution >= 4 is 11.9 Å². The topological polar surface area (TPSA) is 92.4 Å². The summed E-state index contributed by atoms with van der Waals surface area (Å²) in [6, 6.07) is 8.75. The Balaban J connectivity index is 2.18. The molecule has 2 aromatic rings. The predicted octanol–water partition coefficient (Wildman–Crippen LogP) is 1.54. The Labute approximate surface area is 109 Å². The lowest BCUT2D eigenvalue weighted by Gasteiger charge is -2.13. The van der Waals surface area contributed by atoms with Crippen LogP contribution in [0.5, 0.6) is 0 Å². The second-order valence-corrected chi connectivity index (χ2v) is 3.99. The molecule has 0 spiro atoms. The van der Waals surface area contributed by atoms with E-state index in [9.17, 15) is 9.59 Å². The van der Waals surface area contributed by atoms with E-state index in [0.717, 1.165) is 0 Å². The first-order chi connectivity index (χ1) is 9.08. The molecular weight excluding hydrogens is 248 g/mol. The summed E-state index contributed by atoms with van der Waals surface area (Å²) in [5, 5.41) is 15.1. The number of rotatable bonds is 4. The zero-order valence-corrected chi connectivity index (χ0v) is 10.2. The smallest absolute Gasteiger partial charge is 0.330 e. The van der Waals surface area contributed by atoms with Gasteiger partial charge in [-0.3, -0.25) is 4.79 Å². The van der Waals surface area contributed by atoms with Gasteiger partial charge in [-0.25, -0.2) is 4.79 Å². The van der Waals surface area contributed by atoms with Gasteiger partial charge in [-0.1, -0.05) is 35.5 Å². The van der Waals surface area contributed by atoms with Crippen molar-refractivity contribution in [3.8, 4) is 0 Å². The third-order valence-corrected chi connectivity index (χ3v) is 2.51. The van der Waals surface area contributed by atoms with E-state index in [1.807, 2.05) is 0 Å². The zero-order chi connectivity index (χ0) is 13.8. The van der Waals surface area contributed by atoms with Gasteiger partial charge in [-0.15, -0.1) is 0 Å². The van der Waals surface area contributed by atoms with Gasteiger partial charge in [0.15, 0.2) is 6.04 Å². The quantitative estimate of drug-likeness (QED) is 0.869. The van der Waals surface area contributed by atoms with Gasteiger partial charge in [0.1, 0.15) is 0 Å². The van der Waals surface area contributed by atoms with Gasteiger partial charge in [-0.05, 0) is 12.5 Å². The predicted molar refractivity (Wildman–Crippen MR) is 65.5 cm³/mol. The second kappa shape index (κ2) is 5.34. The summed E-state index contributed by atoms with van der Waals surface area (Å²) in [6.07, 6.45) is 0. The highest BCUT2D eigenvalue weighted by molar-refractivity contribution is 5.94. The van der Waals surface area contributed by atoms with Crippen molar-refractivity contribution < 1.29 is 19.2 Å². The van der Waals surface area contributed by atoms with Crippen molar-refractivity contribution in [2.45, 2.75) is 13.0 Å². The summed E-state index contributed by atoms with van der Waals surface area (Å²) in [5.74, 6) is -1.77. The van der Waals surface area contributed by atoms with Gasteiger partial charge >= 0.3 is 5.97 Å². The number of aryl methyl sites for hydroxylation is 1. The highest BCUT2D eigenvalue weighted by Crippen LogP contribution is 2.14. The molecule has 98 valence electrons. The van der Waals surface area contributed by atoms with Crippen molar-refractivity contribution in [2.75, 3.05) is 0 Å². The minimum Gasteiger partial charge on any atom is -0.479 e. The molecule has 2 N–H and O–H groups in total. The van der Waals surface area contributed by atoms with Crippen LogP contribution >= 0.6 is 0 Å². The molecule has 1 aromatic carbocycles. The molecule has 0 aliphatic heterocycles. The molecule has 19 heavy (non-hydrogen) atoms. The highest BCUT2D eigenvalue weighted by atomic mass is 16.5. The van der Waals surface area contributed by atoms with Gasteiger partial charge in [0, 0.05) is 6.07 Å². The second-order valence-electron chi connectivity index (χ2n) is 3.99. The average molecular weight is 260 g/mol. The Morgan fingerprint density at radius 3 is 2.53 bits per heavy atom. The van der Waals surface area contributed by atoms with Gasteiger partial charge < -0.3 is 14.9 Å². The zero-order valence-electron chi connectivity index (χ0n) is 10.2. The molecule has 0 bridgehead atoms. The Morgan fingerprint density at radius 2 is 2.00 bits per heavy atom. The molecule has 0 aliphatic carbocycles. The van der Waals surface area contributed by atoms with Crippen LogP contribution in [-0.4, -0.2) is 22.1 Å². The lowest BCUT2D eigenvalue weighted by Crippen LogP contribution is -2.33. The van der Waals surface area contributed by atoms with E-state index in [4.69, 9.17) is 9.63 Å². The number of carboxylic acids is 1. The first-order valence-electron chi connectivity index (χ1n) is 5.60. The summed E-state index contributed by atoms with van der Waals surface area (Å²) in [6.45, 7) is 1.67. The van der Waals surface area contributed by atoms with Gasteiger partial charge in [0.2, 0.25) is 5.76 Å². The molecule has 0 radical (unpaired) electrons. The van der Waals surface area contributed by atoms with E-state index >= 15 is 0 Å². The average Bonchev–Trinajstić information content (AvgIpc) is 2.83. The van der Waals surface area contributed by atoms with Crippen LogP contribution in [-0.2, 0) is 4.79 Å². The number of hydrogen-bond donors (Lipinski definition) is 2. The number of aliphatic carboxylic acids is 1. The molecular formula is C13H12N2O4. The van der Waals surface area contributed by atoms with Crippen molar-refractivity contribution in [1.29, 1.82) is 0 Å². The number of nitrogens with zero attached hydrogens (tertiary/aromatic N) is 1. The number of hydrogen-bond acceptors (Lipinski definition) is 4. The first-order valence-corrected chi connectivity index (χ1v) is 5.60. The molecule has 2 rings (SSSR count). The molecule has 1 amide bonds. The highest BCUT2D eigenvalue weighted by Gasteiger charge is 2.24. The molecule has 1 aromatic heterocycles. The van der Waals surface area contributed by atoms with Crippen LogP contribution in [0.2, 0.25) is 0 Å². The molecule has 1 unspecified atom stereocenters. The number of carboxylic acid groups (broad SMARTS) is 1. The van der Waals surface area contributed by atoms with Crippen LogP contribution in [0.25, 0.3) is 0 Å². The SMILES string of the molecule is Cc1cc(C(=O)NC(C(=O)O)c2ccccc2)on1. The summed E-state index contributed by atoms with van der Waals surface area (Å²) in [5.41, 5.74) is 1.04. The number of aromatic nitrogens is 1. The van der Waals surface area contributed by atoms with Crippen molar-refractivity contribution in [1.82, 2.24) is 10.5 Å². The van der Waals surface area contributed by atoms with E-state index < -0.39 is 17.9 Å². The van der Waals surface area contributed by atoms with Crippen LogP contribution in [0.1, 0.15) is 27.9 Å². The minimum atomic E-state index is -1.14. The maximum Gasteiger partial charge on any atom is 0.330 e. The fourth-order valence-electron chi connectivity index (χ4n) is 1.61. The molecule has 0 aliphatic rings. The van der Waals surface area contributed by atoms with Crippen molar-refractivity contribution in [3.63, 3.8) is 0 Å². The summed E-state index contributed by atoms with van der Waals surface area (Å²) >= 11 is 0. The van der Waals surface area contributed by atoms with E-state index in [1.54, 1.807) is 37.3 Å². The van der Waals surface area contributed by atoms with Crippen LogP contribution in [0, 0.1) is 6.92 Å². The number of amides is 1. The monoisotopic (exact) mass is 260 g/mol. The third-order valence-electron chi connectivity index (χ3n) is 2.51. The lowest BCUT2D eigenvalue weighted by atomic mass is 10.1. The minimum absolute atomic E-state index is 0.0142. The fourth-order valence-corrected chi connectivity index (χ4v) is 1.61. The third kappa shape index (κ3) is 2.98. The van der Waals surface area contributed by atoms with E-state index in [2.05, 4.69) is 10.5 Å². The van der Waals surface area contributed by atoms with Crippen LogP contribution in [0.4, 0.5) is 0 Å². The Hall–Kier alpha value is -2.63. The van der Waals surface area contributed by atoms with E-state index in [0.29, 0.717) is 11.3 Å². The van der Waals surface area contributed by atoms with Crippen LogP contribution in [0.15, 0.2) is 40.9 Å². The Bertz CT molecular complexity index is 592. The largest absolute Gasteiger partial charge is 0.479 e.